The maximum absolute atomic E-state index is 11.6. The van der Waals surface area contributed by atoms with Crippen LogP contribution in [0.2, 0.25) is 0 Å². The van der Waals surface area contributed by atoms with Crippen LogP contribution in [-0.2, 0) is 11.3 Å². The summed E-state index contributed by atoms with van der Waals surface area (Å²) >= 11 is 0. The molecular formula is C17H21N3O. The topological polar surface area (TPSA) is 54.0 Å². The van der Waals surface area contributed by atoms with Crippen LogP contribution in [0, 0.1) is 12.8 Å². The molecule has 1 aromatic carbocycles. The number of aromatic nitrogens is 1. The molecule has 0 spiro atoms. The first-order valence-corrected chi connectivity index (χ1v) is 7.11. The van der Waals surface area contributed by atoms with Gasteiger partial charge in [0, 0.05) is 12.5 Å². The Hall–Kier alpha value is -2.36. The van der Waals surface area contributed by atoms with Gasteiger partial charge >= 0.3 is 0 Å². The minimum absolute atomic E-state index is 0.0251. The maximum Gasteiger partial charge on any atom is 0.228 e. The van der Waals surface area contributed by atoms with Crippen LogP contribution in [0.5, 0.6) is 0 Å². The van der Waals surface area contributed by atoms with Gasteiger partial charge in [-0.05, 0) is 24.6 Å². The molecule has 110 valence electrons. The number of hydrogen-bond donors (Lipinski definition) is 2. The third kappa shape index (κ3) is 4.60. The SMILES string of the molecule is Cc1ccc(CNc2ccc(NC(=O)C(C)C)nc2)cc1. The van der Waals surface area contributed by atoms with Crippen LogP contribution < -0.4 is 10.6 Å². The van der Waals surface area contributed by atoms with Crippen molar-refractivity contribution in [3.05, 3.63) is 53.7 Å². The maximum atomic E-state index is 11.6. The molecule has 0 fully saturated rings. The van der Waals surface area contributed by atoms with E-state index in [1.165, 1.54) is 11.1 Å². The van der Waals surface area contributed by atoms with Crippen LogP contribution in [0.15, 0.2) is 42.6 Å². The molecule has 0 unspecified atom stereocenters. The summed E-state index contributed by atoms with van der Waals surface area (Å²) in [6, 6.07) is 12.1. The molecule has 0 bridgehead atoms. The van der Waals surface area contributed by atoms with Gasteiger partial charge in [0.25, 0.3) is 0 Å². The van der Waals surface area contributed by atoms with Crippen molar-refractivity contribution < 1.29 is 4.79 Å². The quantitative estimate of drug-likeness (QED) is 0.881. The smallest absolute Gasteiger partial charge is 0.228 e. The Morgan fingerprint density at radius 2 is 1.86 bits per heavy atom. The number of aryl methyl sites for hydroxylation is 1. The first kappa shape index (κ1) is 15.0. The number of anilines is 2. The highest BCUT2D eigenvalue weighted by atomic mass is 16.1. The fourth-order valence-corrected chi connectivity index (χ4v) is 1.75. The van der Waals surface area contributed by atoms with Crippen molar-refractivity contribution in [2.45, 2.75) is 27.3 Å². The van der Waals surface area contributed by atoms with Crippen LogP contribution >= 0.6 is 0 Å². The molecule has 2 aromatic rings. The van der Waals surface area contributed by atoms with Crippen molar-refractivity contribution in [1.29, 1.82) is 0 Å². The molecule has 0 radical (unpaired) electrons. The first-order valence-electron chi connectivity index (χ1n) is 7.11. The molecule has 1 aromatic heterocycles. The van der Waals surface area contributed by atoms with Crippen LogP contribution in [0.3, 0.4) is 0 Å². The van der Waals surface area contributed by atoms with Gasteiger partial charge in [-0.25, -0.2) is 4.98 Å². The molecule has 1 amide bonds. The van der Waals surface area contributed by atoms with E-state index in [1.54, 1.807) is 12.3 Å². The summed E-state index contributed by atoms with van der Waals surface area (Å²) in [6.45, 7) is 6.53. The zero-order valence-electron chi connectivity index (χ0n) is 12.7. The van der Waals surface area contributed by atoms with E-state index in [9.17, 15) is 4.79 Å². The van der Waals surface area contributed by atoms with Crippen molar-refractivity contribution in [2.24, 2.45) is 5.92 Å². The molecule has 0 aliphatic carbocycles. The van der Waals surface area contributed by atoms with Gasteiger partial charge in [-0.15, -0.1) is 0 Å². The van der Waals surface area contributed by atoms with Crippen LogP contribution in [-0.4, -0.2) is 10.9 Å². The lowest BCUT2D eigenvalue weighted by atomic mass is 10.1. The third-order valence-corrected chi connectivity index (χ3v) is 3.16. The lowest BCUT2D eigenvalue weighted by molar-refractivity contribution is -0.118. The number of carbonyl (C=O) groups is 1. The largest absolute Gasteiger partial charge is 0.380 e. The van der Waals surface area contributed by atoms with E-state index in [-0.39, 0.29) is 11.8 Å². The predicted octanol–water partition coefficient (Wildman–Crippen LogP) is 3.60. The van der Waals surface area contributed by atoms with Crippen molar-refractivity contribution in [2.75, 3.05) is 10.6 Å². The molecule has 4 nitrogen and oxygen atoms in total. The lowest BCUT2D eigenvalue weighted by Gasteiger charge is -2.09. The van der Waals surface area contributed by atoms with E-state index in [0.29, 0.717) is 5.82 Å². The Labute approximate surface area is 125 Å². The van der Waals surface area contributed by atoms with Gasteiger partial charge in [0.05, 0.1) is 11.9 Å². The summed E-state index contributed by atoms with van der Waals surface area (Å²) in [5.41, 5.74) is 3.40. The zero-order chi connectivity index (χ0) is 15.2. The Morgan fingerprint density at radius 3 is 2.43 bits per heavy atom. The van der Waals surface area contributed by atoms with Gasteiger partial charge in [-0.2, -0.15) is 0 Å². The van der Waals surface area contributed by atoms with E-state index in [0.717, 1.165) is 12.2 Å². The van der Waals surface area contributed by atoms with Gasteiger partial charge < -0.3 is 10.6 Å². The second kappa shape index (κ2) is 6.88. The summed E-state index contributed by atoms with van der Waals surface area (Å²) in [5.74, 6) is 0.503. The van der Waals surface area contributed by atoms with Crippen molar-refractivity contribution >= 4 is 17.4 Å². The summed E-state index contributed by atoms with van der Waals surface area (Å²) < 4.78 is 0. The molecule has 0 saturated carbocycles. The van der Waals surface area contributed by atoms with Crippen molar-refractivity contribution in [1.82, 2.24) is 4.98 Å². The molecule has 0 aliphatic heterocycles. The van der Waals surface area contributed by atoms with Gasteiger partial charge in [-0.3, -0.25) is 4.79 Å². The minimum Gasteiger partial charge on any atom is -0.380 e. The number of nitrogens with one attached hydrogen (secondary N) is 2. The highest BCUT2D eigenvalue weighted by Crippen LogP contribution is 2.12. The van der Waals surface area contributed by atoms with E-state index >= 15 is 0 Å². The molecule has 0 saturated heterocycles. The third-order valence-electron chi connectivity index (χ3n) is 3.16. The summed E-state index contributed by atoms with van der Waals surface area (Å²) in [4.78, 5) is 15.8. The molecule has 2 rings (SSSR count). The van der Waals surface area contributed by atoms with Crippen LogP contribution in [0.25, 0.3) is 0 Å². The molecule has 4 heteroatoms. The predicted molar refractivity (Wildman–Crippen MR) is 86.2 cm³/mol. The fourth-order valence-electron chi connectivity index (χ4n) is 1.75. The highest BCUT2D eigenvalue weighted by Gasteiger charge is 2.07. The molecule has 0 aliphatic rings. The number of amides is 1. The number of pyridine rings is 1. The molecule has 1 heterocycles. The van der Waals surface area contributed by atoms with Gasteiger partial charge in [0.1, 0.15) is 5.82 Å². The highest BCUT2D eigenvalue weighted by molar-refractivity contribution is 5.91. The van der Waals surface area contributed by atoms with E-state index in [1.807, 2.05) is 19.9 Å². The van der Waals surface area contributed by atoms with E-state index in [4.69, 9.17) is 0 Å². The lowest BCUT2D eigenvalue weighted by Crippen LogP contribution is -2.18. The standard InChI is InChI=1S/C17H21N3O/c1-12(2)17(21)20-16-9-8-15(11-19-16)18-10-14-6-4-13(3)5-7-14/h4-9,11-12,18H,10H2,1-3H3,(H,19,20,21). The summed E-state index contributed by atoms with van der Waals surface area (Å²) in [7, 11) is 0. The minimum atomic E-state index is -0.0499. The average molecular weight is 283 g/mol. The number of hydrogen-bond acceptors (Lipinski definition) is 3. The second-order valence-electron chi connectivity index (χ2n) is 5.42. The second-order valence-corrected chi connectivity index (χ2v) is 5.42. The molecule has 2 N–H and O–H groups in total. The Morgan fingerprint density at radius 1 is 1.14 bits per heavy atom. The van der Waals surface area contributed by atoms with Crippen LogP contribution in [0.1, 0.15) is 25.0 Å². The summed E-state index contributed by atoms with van der Waals surface area (Å²) in [6.07, 6.45) is 1.73. The average Bonchev–Trinajstić information content (AvgIpc) is 2.48. The number of nitrogens with zero attached hydrogens (tertiary/aromatic N) is 1. The zero-order valence-corrected chi connectivity index (χ0v) is 12.7. The number of rotatable bonds is 5. The van der Waals surface area contributed by atoms with Gasteiger partial charge in [0.2, 0.25) is 5.91 Å². The first-order chi connectivity index (χ1) is 10.0. The van der Waals surface area contributed by atoms with Gasteiger partial charge in [0.15, 0.2) is 0 Å². The number of carbonyl (C=O) groups excluding carboxylic acids is 1. The molecule has 0 atom stereocenters. The normalized spacial score (nSPS) is 10.5. The Balaban J connectivity index is 1.90. The molecule has 21 heavy (non-hydrogen) atoms. The fraction of sp³-hybridized carbons (Fsp3) is 0.294. The van der Waals surface area contributed by atoms with E-state index in [2.05, 4.69) is 46.8 Å². The molecular weight excluding hydrogens is 262 g/mol. The van der Waals surface area contributed by atoms with E-state index < -0.39 is 0 Å². The van der Waals surface area contributed by atoms with Crippen LogP contribution in [0.4, 0.5) is 11.5 Å². The van der Waals surface area contributed by atoms with Gasteiger partial charge in [-0.1, -0.05) is 43.7 Å². The van der Waals surface area contributed by atoms with Crippen molar-refractivity contribution in [3.63, 3.8) is 0 Å². The number of benzene rings is 1. The monoisotopic (exact) mass is 283 g/mol. The Kier molecular flexibility index (Phi) is 4.93. The summed E-state index contributed by atoms with van der Waals surface area (Å²) in [5, 5.41) is 6.08. The Bertz CT molecular complexity index is 588. The van der Waals surface area contributed by atoms with Crippen molar-refractivity contribution in [3.8, 4) is 0 Å².